The Kier molecular flexibility index (Phi) is 3.16. The van der Waals surface area contributed by atoms with Gasteiger partial charge < -0.3 is 5.73 Å². The number of hydrogen-bond donors (Lipinski definition) is 2. The second kappa shape index (κ2) is 4.93. The Labute approximate surface area is 132 Å². The van der Waals surface area contributed by atoms with Gasteiger partial charge >= 0.3 is 0 Å². The Morgan fingerprint density at radius 1 is 1.26 bits per heavy atom. The van der Waals surface area contributed by atoms with Crippen LogP contribution in [0, 0.1) is 17.1 Å². The molecule has 2 amide bonds. The van der Waals surface area contributed by atoms with Crippen LogP contribution in [0.3, 0.4) is 0 Å². The molecule has 0 fully saturated rings. The van der Waals surface area contributed by atoms with Crippen molar-refractivity contribution in [2.24, 2.45) is 0 Å². The number of amides is 2. The van der Waals surface area contributed by atoms with Crippen LogP contribution in [0.2, 0.25) is 5.02 Å². The molecule has 2 heterocycles. The number of hydrogen-bond acceptors (Lipinski definition) is 5. The van der Waals surface area contributed by atoms with E-state index in [1.807, 2.05) is 5.32 Å². The molecule has 114 valence electrons. The second-order valence-corrected chi connectivity index (χ2v) is 5.05. The van der Waals surface area contributed by atoms with Gasteiger partial charge in [-0.25, -0.2) is 4.39 Å². The summed E-state index contributed by atoms with van der Waals surface area (Å²) in [5.74, 6) is -2.90. The predicted molar refractivity (Wildman–Crippen MR) is 77.9 cm³/mol. The van der Waals surface area contributed by atoms with Gasteiger partial charge in [0.05, 0.1) is 21.8 Å². The van der Waals surface area contributed by atoms with Crippen molar-refractivity contribution in [2.75, 3.05) is 5.73 Å². The van der Waals surface area contributed by atoms with Crippen molar-refractivity contribution in [3.8, 4) is 11.8 Å². The van der Waals surface area contributed by atoms with Crippen molar-refractivity contribution in [1.29, 1.82) is 5.26 Å². The van der Waals surface area contributed by atoms with Crippen LogP contribution in [0.4, 0.5) is 10.2 Å². The van der Waals surface area contributed by atoms with Gasteiger partial charge in [0.2, 0.25) is 0 Å². The van der Waals surface area contributed by atoms with E-state index in [4.69, 9.17) is 22.6 Å². The lowest BCUT2D eigenvalue weighted by Gasteiger charge is -2.13. The van der Waals surface area contributed by atoms with Crippen molar-refractivity contribution >= 4 is 29.2 Å². The van der Waals surface area contributed by atoms with E-state index in [2.05, 4.69) is 0 Å². The van der Waals surface area contributed by atoms with Gasteiger partial charge in [-0.1, -0.05) is 11.6 Å². The molecular weight excluding hydrogens is 327 g/mol. The summed E-state index contributed by atoms with van der Waals surface area (Å²) in [6.45, 7) is 0. The van der Waals surface area contributed by atoms with Gasteiger partial charge in [-0.2, -0.15) is 5.26 Å². The van der Waals surface area contributed by atoms with E-state index in [1.165, 1.54) is 6.07 Å². The predicted octanol–water partition coefficient (Wildman–Crippen LogP) is 0.967. The van der Waals surface area contributed by atoms with E-state index >= 15 is 0 Å². The normalized spacial score (nSPS) is 12.7. The summed E-state index contributed by atoms with van der Waals surface area (Å²) >= 11 is 5.61. The van der Waals surface area contributed by atoms with Crippen LogP contribution < -0.4 is 16.6 Å². The number of nitrogens with one attached hydrogen (secondary N) is 1. The third-order valence-electron chi connectivity index (χ3n) is 3.38. The van der Waals surface area contributed by atoms with Gasteiger partial charge in [0.15, 0.2) is 5.82 Å². The van der Waals surface area contributed by atoms with E-state index in [-0.39, 0.29) is 27.7 Å². The molecular formula is C14H6ClFN4O3. The molecule has 1 aromatic heterocycles. The molecule has 0 atom stereocenters. The molecule has 3 N–H and O–H groups in total. The number of carbonyl (C=O) groups is 2. The second-order valence-electron chi connectivity index (χ2n) is 4.64. The lowest BCUT2D eigenvalue weighted by molar-refractivity contribution is 0.0880. The maximum atomic E-state index is 14.0. The number of nitrogens with zero attached hydrogens (tertiary/aromatic N) is 2. The Morgan fingerprint density at radius 3 is 2.61 bits per heavy atom. The van der Waals surface area contributed by atoms with Gasteiger partial charge in [-0.3, -0.25) is 24.3 Å². The zero-order chi connectivity index (χ0) is 16.9. The highest BCUT2D eigenvalue weighted by atomic mass is 35.5. The molecule has 0 bridgehead atoms. The van der Waals surface area contributed by atoms with Crippen molar-refractivity contribution in [3.63, 3.8) is 0 Å². The molecule has 0 unspecified atom stereocenters. The molecule has 3 rings (SSSR count). The largest absolute Gasteiger partial charge is 0.384 e. The lowest BCUT2D eigenvalue weighted by atomic mass is 10.1. The molecule has 0 aliphatic carbocycles. The Balaban J connectivity index is 2.41. The zero-order valence-electron chi connectivity index (χ0n) is 11.2. The lowest BCUT2D eigenvalue weighted by Crippen LogP contribution is -2.25. The summed E-state index contributed by atoms with van der Waals surface area (Å²) in [4.78, 5) is 35.6. The van der Waals surface area contributed by atoms with Crippen molar-refractivity contribution in [2.45, 2.75) is 0 Å². The number of pyridine rings is 1. The maximum Gasteiger partial charge on any atom is 0.262 e. The summed E-state index contributed by atoms with van der Waals surface area (Å²) in [5.41, 5.74) is 3.99. The van der Waals surface area contributed by atoms with Crippen molar-refractivity contribution in [1.82, 2.24) is 9.88 Å². The number of nitrogen functional groups attached to an aromatic ring is 1. The fraction of sp³-hybridized carbons (Fsp3) is 0. The van der Waals surface area contributed by atoms with Gasteiger partial charge in [-0.15, -0.1) is 0 Å². The van der Waals surface area contributed by atoms with Crippen LogP contribution >= 0.6 is 11.6 Å². The number of fused-ring (bicyclic) bond motifs is 1. The summed E-state index contributed by atoms with van der Waals surface area (Å²) < 4.78 is 14.8. The van der Waals surface area contributed by atoms with E-state index < -0.39 is 28.8 Å². The maximum absolute atomic E-state index is 14.0. The first-order valence-electron chi connectivity index (χ1n) is 6.16. The first-order chi connectivity index (χ1) is 10.9. The Bertz CT molecular complexity index is 1010. The average Bonchev–Trinajstić information content (AvgIpc) is 2.77. The van der Waals surface area contributed by atoms with E-state index in [9.17, 15) is 18.8 Å². The molecule has 7 nitrogen and oxygen atoms in total. The highest BCUT2D eigenvalue weighted by Gasteiger charge is 2.32. The van der Waals surface area contributed by atoms with Crippen LogP contribution in [0.1, 0.15) is 26.3 Å². The van der Waals surface area contributed by atoms with E-state index in [0.717, 1.165) is 16.7 Å². The van der Waals surface area contributed by atoms with Crippen LogP contribution in [0.5, 0.6) is 0 Å². The molecule has 9 heteroatoms. The van der Waals surface area contributed by atoms with E-state index in [0.29, 0.717) is 0 Å². The molecule has 1 aliphatic rings. The van der Waals surface area contributed by atoms with Gasteiger partial charge in [0.25, 0.3) is 17.4 Å². The fourth-order valence-electron chi connectivity index (χ4n) is 2.36. The molecule has 23 heavy (non-hydrogen) atoms. The van der Waals surface area contributed by atoms with Crippen LogP contribution in [0.25, 0.3) is 5.69 Å². The fourth-order valence-corrected chi connectivity index (χ4v) is 2.52. The summed E-state index contributed by atoms with van der Waals surface area (Å²) in [6, 6.07) is 4.88. The molecule has 0 spiro atoms. The molecule has 1 aromatic carbocycles. The molecule has 0 saturated heterocycles. The van der Waals surface area contributed by atoms with Crippen LogP contribution in [-0.4, -0.2) is 16.4 Å². The molecule has 0 saturated carbocycles. The Morgan fingerprint density at radius 2 is 1.96 bits per heavy atom. The molecule has 1 aliphatic heterocycles. The number of nitriles is 1. The van der Waals surface area contributed by atoms with Crippen LogP contribution in [0.15, 0.2) is 23.0 Å². The van der Waals surface area contributed by atoms with Gasteiger partial charge in [0.1, 0.15) is 17.5 Å². The summed E-state index contributed by atoms with van der Waals surface area (Å²) in [7, 11) is 0. The minimum atomic E-state index is -1.01. The number of nitrogens with two attached hydrogens (primary N) is 1. The monoisotopic (exact) mass is 332 g/mol. The van der Waals surface area contributed by atoms with E-state index in [1.54, 1.807) is 6.07 Å². The number of rotatable bonds is 1. The number of imide groups is 1. The minimum absolute atomic E-state index is 0.165. The standard InChI is InChI=1S/C14H6ClFN4O3/c15-7-1-2-8(6(4-17)11(7)16)20-9(21)3-5-10(12(20)18)14(23)19-13(5)22/h1-3H,18H2,(H,19,22,23). The third kappa shape index (κ3) is 1.98. The zero-order valence-corrected chi connectivity index (χ0v) is 11.9. The van der Waals surface area contributed by atoms with Crippen LogP contribution in [-0.2, 0) is 0 Å². The summed E-state index contributed by atoms with van der Waals surface area (Å²) in [6.07, 6.45) is 0. The first-order valence-corrected chi connectivity index (χ1v) is 6.54. The van der Waals surface area contributed by atoms with Crippen molar-refractivity contribution < 1.29 is 14.0 Å². The van der Waals surface area contributed by atoms with Crippen molar-refractivity contribution in [3.05, 3.63) is 56.1 Å². The van der Waals surface area contributed by atoms with Gasteiger partial charge in [0, 0.05) is 6.07 Å². The highest BCUT2D eigenvalue weighted by molar-refractivity contribution is 6.31. The molecule has 0 radical (unpaired) electrons. The number of aromatic nitrogens is 1. The number of anilines is 1. The summed E-state index contributed by atoms with van der Waals surface area (Å²) in [5, 5.41) is 10.8. The SMILES string of the molecule is N#Cc1c(-n2c(N)c3c(cc2=O)C(=O)NC3=O)ccc(Cl)c1F. The Hall–Kier alpha value is -3.18. The first kappa shape index (κ1) is 14.7. The highest BCUT2D eigenvalue weighted by Crippen LogP contribution is 2.27. The minimum Gasteiger partial charge on any atom is -0.384 e. The number of carbonyl (C=O) groups excluding carboxylic acids is 2. The van der Waals surface area contributed by atoms with Gasteiger partial charge in [-0.05, 0) is 12.1 Å². The average molecular weight is 333 g/mol. The smallest absolute Gasteiger partial charge is 0.262 e. The number of halogens is 2. The third-order valence-corrected chi connectivity index (χ3v) is 3.67. The quantitative estimate of drug-likeness (QED) is 0.754. The number of benzene rings is 1. The topological polar surface area (TPSA) is 118 Å². The molecule has 2 aromatic rings.